The van der Waals surface area contributed by atoms with E-state index in [0.29, 0.717) is 18.5 Å². The van der Waals surface area contributed by atoms with Gasteiger partial charge in [0.1, 0.15) is 5.82 Å². The lowest BCUT2D eigenvalue weighted by molar-refractivity contribution is -0.130. The maximum atomic E-state index is 13.7. The predicted molar refractivity (Wildman–Crippen MR) is 108 cm³/mol. The molecule has 1 amide bonds. The Hall–Kier alpha value is -2.25. The van der Waals surface area contributed by atoms with Gasteiger partial charge >= 0.3 is 0 Å². The smallest absolute Gasteiger partial charge is 0.240 e. The summed E-state index contributed by atoms with van der Waals surface area (Å²) in [4.78, 5) is 14.0. The van der Waals surface area contributed by atoms with Crippen molar-refractivity contribution in [3.8, 4) is 0 Å². The largest absolute Gasteiger partial charge is 0.341 e. The van der Waals surface area contributed by atoms with Gasteiger partial charge in [0.05, 0.1) is 4.90 Å². The molecule has 2 aromatic rings. The maximum Gasteiger partial charge on any atom is 0.240 e. The van der Waals surface area contributed by atoms with Crippen molar-refractivity contribution in [1.82, 2.24) is 9.62 Å². The Bertz CT molecular complexity index is 896. The third kappa shape index (κ3) is 6.42. The zero-order valence-electron chi connectivity index (χ0n) is 16.5. The number of halogens is 1. The van der Waals surface area contributed by atoms with Gasteiger partial charge in [-0.15, -0.1) is 0 Å². The van der Waals surface area contributed by atoms with E-state index in [1.54, 1.807) is 49.5 Å². The molecule has 0 spiro atoms. The molecule has 0 aromatic heterocycles. The van der Waals surface area contributed by atoms with E-state index in [4.69, 9.17) is 0 Å². The van der Waals surface area contributed by atoms with Crippen LogP contribution < -0.4 is 4.72 Å². The van der Waals surface area contributed by atoms with Gasteiger partial charge in [0.25, 0.3) is 0 Å². The molecule has 1 N–H and O–H groups in total. The predicted octanol–water partition coefficient (Wildman–Crippen LogP) is 3.35. The topological polar surface area (TPSA) is 66.5 Å². The fourth-order valence-corrected chi connectivity index (χ4v) is 3.82. The van der Waals surface area contributed by atoms with Crippen LogP contribution in [0.2, 0.25) is 0 Å². The fraction of sp³-hybridized carbons (Fsp3) is 0.381. The molecular weight excluding hydrogens is 379 g/mol. The number of benzene rings is 2. The lowest BCUT2D eigenvalue weighted by Crippen LogP contribution is -2.27. The van der Waals surface area contributed by atoms with Crippen LogP contribution in [0.5, 0.6) is 0 Å². The van der Waals surface area contributed by atoms with Crippen molar-refractivity contribution in [2.45, 2.75) is 38.1 Å². The average Bonchev–Trinajstić information content (AvgIpc) is 2.66. The molecule has 0 aliphatic heterocycles. The first-order valence-corrected chi connectivity index (χ1v) is 10.7. The van der Waals surface area contributed by atoms with E-state index in [1.807, 2.05) is 13.8 Å². The molecule has 0 aliphatic rings. The van der Waals surface area contributed by atoms with Crippen molar-refractivity contribution in [2.24, 2.45) is 5.92 Å². The molecule has 2 rings (SSSR count). The van der Waals surface area contributed by atoms with Gasteiger partial charge in [-0.1, -0.05) is 44.2 Å². The van der Waals surface area contributed by atoms with Crippen molar-refractivity contribution < 1.29 is 17.6 Å². The summed E-state index contributed by atoms with van der Waals surface area (Å²) in [6.45, 7) is 4.47. The summed E-state index contributed by atoms with van der Waals surface area (Å²) in [5.74, 6) is -0.204. The van der Waals surface area contributed by atoms with Gasteiger partial charge in [0.15, 0.2) is 0 Å². The van der Waals surface area contributed by atoms with E-state index in [9.17, 15) is 17.6 Å². The monoisotopic (exact) mass is 406 g/mol. The minimum Gasteiger partial charge on any atom is -0.341 e. The number of nitrogens with one attached hydrogen (secondary N) is 1. The number of hydrogen-bond donors (Lipinski definition) is 1. The Labute approximate surface area is 166 Å². The lowest BCUT2D eigenvalue weighted by Gasteiger charge is -2.17. The van der Waals surface area contributed by atoms with E-state index < -0.39 is 10.0 Å². The Morgan fingerprint density at radius 3 is 2.36 bits per heavy atom. The standard InChI is InChI=1S/C21H27FN2O3S/c1-16(2)14-23-28(26,27)19-11-8-17(9-12-19)10-13-21(25)24(3)15-18-6-4-5-7-20(18)22/h4-9,11-12,16,23H,10,13-15H2,1-3H3. The van der Waals surface area contributed by atoms with Gasteiger partial charge in [-0.3, -0.25) is 4.79 Å². The fourth-order valence-electron chi connectivity index (χ4n) is 2.61. The molecule has 0 heterocycles. The molecule has 0 radical (unpaired) electrons. The molecule has 0 atom stereocenters. The van der Waals surface area contributed by atoms with Crippen LogP contribution in [0.1, 0.15) is 31.4 Å². The van der Waals surface area contributed by atoms with Crippen molar-refractivity contribution in [3.63, 3.8) is 0 Å². The Balaban J connectivity index is 1.90. The second-order valence-corrected chi connectivity index (χ2v) is 9.00. The number of nitrogens with zero attached hydrogens (tertiary/aromatic N) is 1. The van der Waals surface area contributed by atoms with Gasteiger partial charge in [0, 0.05) is 32.1 Å². The first-order valence-electron chi connectivity index (χ1n) is 9.25. The van der Waals surface area contributed by atoms with E-state index in [0.717, 1.165) is 5.56 Å². The number of carbonyl (C=O) groups excluding carboxylic acids is 1. The van der Waals surface area contributed by atoms with Crippen LogP contribution in [0.3, 0.4) is 0 Å². The molecule has 2 aromatic carbocycles. The molecule has 5 nitrogen and oxygen atoms in total. The Morgan fingerprint density at radius 1 is 1.11 bits per heavy atom. The molecule has 0 aliphatic carbocycles. The van der Waals surface area contributed by atoms with Gasteiger partial charge in [-0.2, -0.15) is 0 Å². The quantitative estimate of drug-likeness (QED) is 0.694. The molecule has 0 saturated heterocycles. The van der Waals surface area contributed by atoms with E-state index in [2.05, 4.69) is 4.72 Å². The molecule has 0 unspecified atom stereocenters. The Morgan fingerprint density at radius 2 is 1.75 bits per heavy atom. The molecule has 0 fully saturated rings. The average molecular weight is 407 g/mol. The second-order valence-electron chi connectivity index (χ2n) is 7.23. The van der Waals surface area contributed by atoms with Crippen molar-refractivity contribution >= 4 is 15.9 Å². The lowest BCUT2D eigenvalue weighted by atomic mass is 10.1. The van der Waals surface area contributed by atoms with E-state index in [1.165, 1.54) is 11.0 Å². The summed E-state index contributed by atoms with van der Waals surface area (Å²) in [6, 6.07) is 12.9. The summed E-state index contributed by atoms with van der Waals surface area (Å²) < 4.78 is 40.7. The van der Waals surface area contributed by atoms with Crippen LogP contribution in [0.4, 0.5) is 4.39 Å². The number of amides is 1. The van der Waals surface area contributed by atoms with Gasteiger partial charge in [0.2, 0.25) is 15.9 Å². The van der Waals surface area contributed by atoms with Gasteiger partial charge < -0.3 is 4.90 Å². The van der Waals surface area contributed by atoms with Crippen LogP contribution in [0, 0.1) is 11.7 Å². The normalized spacial score (nSPS) is 11.6. The van der Waals surface area contributed by atoms with Crippen LogP contribution in [0.25, 0.3) is 0 Å². The summed E-state index contributed by atoms with van der Waals surface area (Å²) >= 11 is 0. The number of hydrogen-bond acceptors (Lipinski definition) is 3. The third-order valence-corrected chi connectivity index (χ3v) is 5.77. The first-order chi connectivity index (χ1) is 13.2. The summed E-state index contributed by atoms with van der Waals surface area (Å²) in [6.07, 6.45) is 0.753. The molecule has 7 heteroatoms. The molecular formula is C21H27FN2O3S. The first kappa shape index (κ1) is 22.0. The third-order valence-electron chi connectivity index (χ3n) is 4.33. The minimum absolute atomic E-state index is 0.0986. The van der Waals surface area contributed by atoms with Crippen molar-refractivity contribution in [3.05, 3.63) is 65.5 Å². The number of aryl methyl sites for hydroxylation is 1. The minimum atomic E-state index is -3.52. The van der Waals surface area contributed by atoms with Crippen LogP contribution in [-0.4, -0.2) is 32.8 Å². The highest BCUT2D eigenvalue weighted by Gasteiger charge is 2.15. The Kier molecular flexibility index (Phi) is 7.71. The number of sulfonamides is 1. The summed E-state index contributed by atoms with van der Waals surface area (Å²) in [7, 11) is -1.87. The summed E-state index contributed by atoms with van der Waals surface area (Å²) in [5.41, 5.74) is 1.34. The molecule has 152 valence electrons. The van der Waals surface area contributed by atoms with Crippen LogP contribution >= 0.6 is 0 Å². The highest BCUT2D eigenvalue weighted by atomic mass is 32.2. The zero-order chi connectivity index (χ0) is 20.7. The van der Waals surface area contributed by atoms with Crippen molar-refractivity contribution in [2.75, 3.05) is 13.6 Å². The van der Waals surface area contributed by atoms with E-state index >= 15 is 0 Å². The highest BCUT2D eigenvalue weighted by molar-refractivity contribution is 7.89. The number of rotatable bonds is 9. The zero-order valence-corrected chi connectivity index (χ0v) is 17.3. The van der Waals surface area contributed by atoms with Crippen molar-refractivity contribution in [1.29, 1.82) is 0 Å². The molecule has 0 bridgehead atoms. The summed E-state index contributed by atoms with van der Waals surface area (Å²) in [5, 5.41) is 0. The van der Waals surface area contributed by atoms with Gasteiger partial charge in [-0.25, -0.2) is 17.5 Å². The molecule has 0 saturated carbocycles. The number of carbonyl (C=O) groups is 1. The van der Waals surface area contributed by atoms with Gasteiger partial charge in [-0.05, 0) is 36.1 Å². The van der Waals surface area contributed by atoms with Crippen LogP contribution in [0.15, 0.2) is 53.4 Å². The highest BCUT2D eigenvalue weighted by Crippen LogP contribution is 2.14. The van der Waals surface area contributed by atoms with Crippen LogP contribution in [-0.2, 0) is 27.8 Å². The molecule has 28 heavy (non-hydrogen) atoms. The SMILES string of the molecule is CC(C)CNS(=O)(=O)c1ccc(CCC(=O)N(C)Cc2ccccc2F)cc1. The second kappa shape index (κ2) is 9.80. The maximum absolute atomic E-state index is 13.7. The van der Waals surface area contributed by atoms with E-state index in [-0.39, 0.29) is 35.5 Å².